The Morgan fingerprint density at radius 2 is 1.88 bits per heavy atom. The van der Waals surface area contributed by atoms with E-state index in [1.165, 1.54) is 5.56 Å². The fourth-order valence-electron chi connectivity index (χ4n) is 1.65. The molecule has 2 rings (SSSR count). The standard InChI is InChI=1S/C14H17N3/c1-12-5-7-14(8-6-12)17(15)11-9-13-4-2-3-10-16-13/h2-8,10H,9,11,15H2,1H3. The van der Waals surface area contributed by atoms with Gasteiger partial charge in [0.2, 0.25) is 0 Å². The summed E-state index contributed by atoms with van der Waals surface area (Å²) < 4.78 is 0. The molecule has 2 aromatic rings. The van der Waals surface area contributed by atoms with E-state index in [-0.39, 0.29) is 0 Å². The molecule has 0 atom stereocenters. The highest BCUT2D eigenvalue weighted by Crippen LogP contribution is 2.12. The van der Waals surface area contributed by atoms with Gasteiger partial charge in [-0.2, -0.15) is 0 Å². The van der Waals surface area contributed by atoms with Crippen LogP contribution in [0.4, 0.5) is 5.69 Å². The maximum atomic E-state index is 6.00. The van der Waals surface area contributed by atoms with Crippen LogP contribution in [0, 0.1) is 6.92 Å². The minimum absolute atomic E-state index is 0.764. The molecule has 3 nitrogen and oxygen atoms in total. The molecule has 0 fully saturated rings. The molecule has 0 aliphatic carbocycles. The largest absolute Gasteiger partial charge is 0.311 e. The minimum atomic E-state index is 0.764. The Hall–Kier alpha value is -1.87. The van der Waals surface area contributed by atoms with Gasteiger partial charge in [0.15, 0.2) is 0 Å². The van der Waals surface area contributed by atoms with Crippen molar-refractivity contribution in [2.75, 3.05) is 11.6 Å². The zero-order chi connectivity index (χ0) is 12.1. The number of hydrazine groups is 1. The highest BCUT2D eigenvalue weighted by Gasteiger charge is 2.01. The van der Waals surface area contributed by atoms with Crippen LogP contribution in [0.3, 0.4) is 0 Å². The SMILES string of the molecule is Cc1ccc(N(N)CCc2ccccn2)cc1. The molecule has 0 radical (unpaired) electrons. The number of nitrogens with zero attached hydrogens (tertiary/aromatic N) is 2. The summed E-state index contributed by atoms with van der Waals surface area (Å²) in [5.41, 5.74) is 3.34. The van der Waals surface area contributed by atoms with Gasteiger partial charge in [0, 0.05) is 24.9 Å². The maximum absolute atomic E-state index is 6.00. The Kier molecular flexibility index (Phi) is 3.73. The molecule has 0 aliphatic rings. The summed E-state index contributed by atoms with van der Waals surface area (Å²) in [6, 6.07) is 14.1. The molecule has 1 aromatic carbocycles. The van der Waals surface area contributed by atoms with Crippen molar-refractivity contribution >= 4 is 5.69 Å². The number of pyridine rings is 1. The summed E-state index contributed by atoms with van der Waals surface area (Å²) >= 11 is 0. The van der Waals surface area contributed by atoms with Gasteiger partial charge in [0.25, 0.3) is 0 Å². The van der Waals surface area contributed by atoms with Crippen LogP contribution in [0.25, 0.3) is 0 Å². The van der Waals surface area contributed by atoms with E-state index in [9.17, 15) is 0 Å². The third-order valence-corrected chi connectivity index (χ3v) is 2.70. The summed E-state index contributed by atoms with van der Waals surface area (Å²) in [4.78, 5) is 4.28. The van der Waals surface area contributed by atoms with Crippen LogP contribution in [-0.2, 0) is 6.42 Å². The molecule has 1 heterocycles. The monoisotopic (exact) mass is 227 g/mol. The van der Waals surface area contributed by atoms with E-state index in [0.717, 1.165) is 24.3 Å². The maximum Gasteiger partial charge on any atom is 0.0517 e. The van der Waals surface area contributed by atoms with Crippen LogP contribution >= 0.6 is 0 Å². The average Bonchev–Trinajstić information content (AvgIpc) is 2.38. The first-order valence-corrected chi connectivity index (χ1v) is 5.74. The number of aryl methyl sites for hydroxylation is 1. The lowest BCUT2D eigenvalue weighted by Gasteiger charge is -2.18. The molecule has 0 unspecified atom stereocenters. The molecule has 0 aliphatic heterocycles. The highest BCUT2D eigenvalue weighted by atomic mass is 15.4. The Morgan fingerprint density at radius 1 is 1.12 bits per heavy atom. The topological polar surface area (TPSA) is 42.1 Å². The summed E-state index contributed by atoms with van der Waals surface area (Å²) in [6.07, 6.45) is 2.66. The summed E-state index contributed by atoms with van der Waals surface area (Å²) in [5.74, 6) is 6.00. The van der Waals surface area contributed by atoms with Crippen molar-refractivity contribution in [1.29, 1.82) is 0 Å². The number of nitrogens with two attached hydrogens (primary N) is 1. The van der Waals surface area contributed by atoms with Crippen molar-refractivity contribution in [1.82, 2.24) is 4.98 Å². The number of benzene rings is 1. The van der Waals surface area contributed by atoms with Crippen molar-refractivity contribution in [3.8, 4) is 0 Å². The Labute approximate surface area is 102 Å². The number of hydrogen-bond donors (Lipinski definition) is 1. The van der Waals surface area contributed by atoms with Crippen molar-refractivity contribution in [2.45, 2.75) is 13.3 Å². The van der Waals surface area contributed by atoms with Gasteiger partial charge >= 0.3 is 0 Å². The van der Waals surface area contributed by atoms with Gasteiger partial charge in [0.1, 0.15) is 0 Å². The first-order valence-electron chi connectivity index (χ1n) is 5.74. The second-order valence-corrected chi connectivity index (χ2v) is 4.10. The first kappa shape index (κ1) is 11.6. The van der Waals surface area contributed by atoms with Crippen LogP contribution < -0.4 is 10.9 Å². The zero-order valence-electron chi connectivity index (χ0n) is 10.0. The van der Waals surface area contributed by atoms with Crippen molar-refractivity contribution in [3.05, 3.63) is 59.9 Å². The summed E-state index contributed by atoms with van der Waals surface area (Å²) in [5, 5.41) is 1.76. The number of hydrogen-bond acceptors (Lipinski definition) is 3. The Morgan fingerprint density at radius 3 is 2.53 bits per heavy atom. The molecular formula is C14H17N3. The molecule has 0 saturated heterocycles. The molecule has 0 spiro atoms. The molecule has 0 saturated carbocycles. The predicted octanol–water partition coefficient (Wildman–Crippen LogP) is 2.31. The molecule has 3 heteroatoms. The molecule has 2 N–H and O–H groups in total. The second kappa shape index (κ2) is 5.46. The third-order valence-electron chi connectivity index (χ3n) is 2.70. The van der Waals surface area contributed by atoms with Crippen molar-refractivity contribution < 1.29 is 0 Å². The Bertz CT molecular complexity index is 451. The molecule has 17 heavy (non-hydrogen) atoms. The van der Waals surface area contributed by atoms with Gasteiger partial charge in [-0.25, -0.2) is 5.84 Å². The van der Waals surface area contributed by atoms with Crippen LogP contribution in [0.15, 0.2) is 48.7 Å². The highest BCUT2D eigenvalue weighted by molar-refractivity contribution is 5.45. The molecular weight excluding hydrogens is 210 g/mol. The lowest BCUT2D eigenvalue weighted by atomic mass is 10.2. The van der Waals surface area contributed by atoms with Gasteiger partial charge in [-0.1, -0.05) is 23.8 Å². The minimum Gasteiger partial charge on any atom is -0.311 e. The predicted molar refractivity (Wildman–Crippen MR) is 70.7 cm³/mol. The number of anilines is 1. The van der Waals surface area contributed by atoms with Crippen LogP contribution in [0.1, 0.15) is 11.3 Å². The van der Waals surface area contributed by atoms with Crippen LogP contribution in [0.2, 0.25) is 0 Å². The van der Waals surface area contributed by atoms with Gasteiger partial charge in [-0.15, -0.1) is 0 Å². The van der Waals surface area contributed by atoms with E-state index in [0.29, 0.717) is 0 Å². The van der Waals surface area contributed by atoms with Crippen LogP contribution in [-0.4, -0.2) is 11.5 Å². The fourth-order valence-corrected chi connectivity index (χ4v) is 1.65. The van der Waals surface area contributed by atoms with E-state index in [1.807, 2.05) is 36.5 Å². The van der Waals surface area contributed by atoms with Crippen molar-refractivity contribution in [2.24, 2.45) is 5.84 Å². The molecule has 88 valence electrons. The van der Waals surface area contributed by atoms with E-state index < -0.39 is 0 Å². The third kappa shape index (κ3) is 3.29. The van der Waals surface area contributed by atoms with Gasteiger partial charge < -0.3 is 5.01 Å². The first-order chi connectivity index (χ1) is 8.25. The van der Waals surface area contributed by atoms with Gasteiger partial charge in [0.05, 0.1) is 5.69 Å². The lowest BCUT2D eigenvalue weighted by molar-refractivity contribution is 0.807. The quantitative estimate of drug-likeness (QED) is 0.644. The van der Waals surface area contributed by atoms with Crippen LogP contribution in [0.5, 0.6) is 0 Å². The zero-order valence-corrected chi connectivity index (χ0v) is 10.0. The fraction of sp³-hybridized carbons (Fsp3) is 0.214. The smallest absolute Gasteiger partial charge is 0.0517 e. The summed E-state index contributed by atoms with van der Waals surface area (Å²) in [6.45, 7) is 2.83. The molecule has 0 bridgehead atoms. The molecule has 0 amide bonds. The van der Waals surface area contributed by atoms with E-state index in [2.05, 4.69) is 24.0 Å². The Balaban J connectivity index is 1.93. The summed E-state index contributed by atoms with van der Waals surface area (Å²) in [7, 11) is 0. The lowest BCUT2D eigenvalue weighted by Crippen LogP contribution is -2.32. The normalized spacial score (nSPS) is 10.2. The van der Waals surface area contributed by atoms with Gasteiger partial charge in [-0.3, -0.25) is 4.98 Å². The molecule has 1 aromatic heterocycles. The van der Waals surface area contributed by atoms with E-state index >= 15 is 0 Å². The number of rotatable bonds is 4. The number of aromatic nitrogens is 1. The average molecular weight is 227 g/mol. The van der Waals surface area contributed by atoms with E-state index in [1.54, 1.807) is 5.01 Å². The second-order valence-electron chi connectivity index (χ2n) is 4.10. The van der Waals surface area contributed by atoms with E-state index in [4.69, 9.17) is 5.84 Å². The van der Waals surface area contributed by atoms with Crippen molar-refractivity contribution in [3.63, 3.8) is 0 Å². The van der Waals surface area contributed by atoms with Gasteiger partial charge in [-0.05, 0) is 31.2 Å².